The van der Waals surface area contributed by atoms with Gasteiger partial charge in [0.05, 0.1) is 11.9 Å². The van der Waals surface area contributed by atoms with Gasteiger partial charge in [-0.25, -0.2) is 0 Å². The zero-order valence-corrected chi connectivity index (χ0v) is 10.0. The number of ether oxygens (including phenoxy) is 1. The molecule has 1 aromatic carbocycles. The predicted molar refractivity (Wildman–Crippen MR) is 71.5 cm³/mol. The molecule has 2 aromatic rings. The van der Waals surface area contributed by atoms with Crippen molar-refractivity contribution in [2.24, 2.45) is 0 Å². The van der Waals surface area contributed by atoms with E-state index in [1.807, 2.05) is 42.5 Å². The molecular weight excluding hydrogens is 226 g/mol. The molecule has 92 valence electrons. The van der Waals surface area contributed by atoms with Gasteiger partial charge in [-0.05, 0) is 36.3 Å². The Balaban J connectivity index is 2.06. The summed E-state index contributed by atoms with van der Waals surface area (Å²) < 4.78 is 5.63. The molecule has 0 fully saturated rings. The highest BCUT2D eigenvalue weighted by Gasteiger charge is 2.01. The van der Waals surface area contributed by atoms with Crippen molar-refractivity contribution in [1.29, 1.82) is 0 Å². The molecule has 3 heteroatoms. The summed E-state index contributed by atoms with van der Waals surface area (Å²) >= 11 is 0. The van der Waals surface area contributed by atoms with Crippen LogP contribution in [-0.4, -0.2) is 16.7 Å². The van der Waals surface area contributed by atoms with Crippen molar-refractivity contribution in [3.63, 3.8) is 0 Å². The molecule has 0 aliphatic heterocycles. The molecule has 0 aliphatic rings. The maximum Gasteiger partial charge on any atom is 0.145 e. The van der Waals surface area contributed by atoms with Crippen LogP contribution >= 0.6 is 0 Å². The van der Waals surface area contributed by atoms with Crippen LogP contribution in [0.2, 0.25) is 0 Å². The second kappa shape index (κ2) is 5.98. The van der Waals surface area contributed by atoms with E-state index < -0.39 is 0 Å². The zero-order chi connectivity index (χ0) is 12.8. The van der Waals surface area contributed by atoms with Crippen LogP contribution in [0.4, 0.5) is 0 Å². The van der Waals surface area contributed by atoms with Crippen molar-refractivity contribution in [2.75, 3.05) is 6.61 Å². The van der Waals surface area contributed by atoms with Crippen LogP contribution in [0.1, 0.15) is 12.1 Å². The molecule has 0 spiro atoms. The first-order valence-corrected chi connectivity index (χ1v) is 5.77. The number of aliphatic hydroxyl groups excluding tert-OH is 1. The van der Waals surface area contributed by atoms with E-state index in [1.165, 1.54) is 0 Å². The van der Waals surface area contributed by atoms with E-state index in [1.54, 1.807) is 6.20 Å². The summed E-state index contributed by atoms with van der Waals surface area (Å²) in [6.07, 6.45) is 2.19. The molecule has 0 atom stereocenters. The van der Waals surface area contributed by atoms with Crippen molar-refractivity contribution in [3.8, 4) is 11.5 Å². The van der Waals surface area contributed by atoms with Gasteiger partial charge in [-0.1, -0.05) is 24.8 Å². The lowest BCUT2D eigenvalue weighted by Gasteiger charge is -2.07. The van der Waals surface area contributed by atoms with Crippen LogP contribution in [-0.2, 0) is 0 Å². The van der Waals surface area contributed by atoms with E-state index in [-0.39, 0.29) is 6.61 Å². The lowest BCUT2D eigenvalue weighted by molar-refractivity contribution is 0.305. The molecule has 1 N–H and O–H groups in total. The van der Waals surface area contributed by atoms with Gasteiger partial charge in [-0.3, -0.25) is 4.98 Å². The van der Waals surface area contributed by atoms with Crippen LogP contribution in [0.3, 0.4) is 0 Å². The summed E-state index contributed by atoms with van der Waals surface area (Å²) in [6, 6.07) is 13.2. The Bertz CT molecular complexity index is 506. The molecule has 0 aliphatic carbocycles. The number of hydrogen-bond acceptors (Lipinski definition) is 3. The lowest BCUT2D eigenvalue weighted by atomic mass is 10.1. The molecule has 3 nitrogen and oxygen atoms in total. The minimum atomic E-state index is 0.0861. The highest BCUT2D eigenvalue weighted by molar-refractivity contribution is 5.60. The van der Waals surface area contributed by atoms with Crippen molar-refractivity contribution >= 4 is 5.57 Å². The smallest absolute Gasteiger partial charge is 0.145 e. The van der Waals surface area contributed by atoms with Gasteiger partial charge in [0.25, 0.3) is 0 Å². The second-order valence-electron chi connectivity index (χ2n) is 3.87. The van der Waals surface area contributed by atoms with E-state index in [0.717, 1.165) is 17.0 Å². The van der Waals surface area contributed by atoms with Gasteiger partial charge < -0.3 is 9.84 Å². The third-order valence-corrected chi connectivity index (χ3v) is 2.49. The van der Waals surface area contributed by atoms with E-state index in [0.29, 0.717) is 12.2 Å². The average Bonchev–Trinajstić information content (AvgIpc) is 2.41. The summed E-state index contributed by atoms with van der Waals surface area (Å²) in [7, 11) is 0. The van der Waals surface area contributed by atoms with Gasteiger partial charge in [0.1, 0.15) is 11.5 Å². The third-order valence-electron chi connectivity index (χ3n) is 2.49. The summed E-state index contributed by atoms with van der Waals surface area (Å²) in [5, 5.41) is 8.83. The first-order chi connectivity index (χ1) is 8.79. The first kappa shape index (κ1) is 12.3. The van der Waals surface area contributed by atoms with Gasteiger partial charge in [0.15, 0.2) is 0 Å². The van der Waals surface area contributed by atoms with E-state index >= 15 is 0 Å². The summed E-state index contributed by atoms with van der Waals surface area (Å²) in [5.74, 6) is 1.46. The van der Waals surface area contributed by atoms with Crippen LogP contribution in [0.5, 0.6) is 11.5 Å². The SMILES string of the molecule is C=C(CCO)c1ccc(Oc2ccccc2)cn1. The molecule has 1 aromatic heterocycles. The van der Waals surface area contributed by atoms with Gasteiger partial charge in [0.2, 0.25) is 0 Å². The van der Waals surface area contributed by atoms with Crippen molar-refractivity contribution in [1.82, 2.24) is 4.98 Å². The molecule has 0 amide bonds. The summed E-state index contributed by atoms with van der Waals surface area (Å²) in [6.45, 7) is 3.95. The number of para-hydroxylation sites is 1. The largest absolute Gasteiger partial charge is 0.456 e. The van der Waals surface area contributed by atoms with E-state index in [9.17, 15) is 0 Å². The molecule has 0 radical (unpaired) electrons. The quantitative estimate of drug-likeness (QED) is 0.873. The number of aliphatic hydroxyl groups is 1. The molecule has 0 saturated heterocycles. The van der Waals surface area contributed by atoms with Crippen LogP contribution in [0.15, 0.2) is 55.2 Å². The Morgan fingerprint density at radius 3 is 2.50 bits per heavy atom. The van der Waals surface area contributed by atoms with Crippen LogP contribution in [0.25, 0.3) is 5.57 Å². The molecule has 0 saturated carbocycles. The second-order valence-corrected chi connectivity index (χ2v) is 3.87. The normalized spacial score (nSPS) is 10.1. The van der Waals surface area contributed by atoms with Crippen molar-refractivity contribution in [2.45, 2.75) is 6.42 Å². The lowest BCUT2D eigenvalue weighted by Crippen LogP contribution is -1.92. The highest BCUT2D eigenvalue weighted by Crippen LogP contribution is 2.21. The minimum absolute atomic E-state index is 0.0861. The number of hydrogen-bond donors (Lipinski definition) is 1. The van der Waals surface area contributed by atoms with Crippen molar-refractivity contribution < 1.29 is 9.84 Å². The van der Waals surface area contributed by atoms with Gasteiger partial charge >= 0.3 is 0 Å². The Morgan fingerprint density at radius 1 is 1.11 bits per heavy atom. The summed E-state index contributed by atoms with van der Waals surface area (Å²) in [5.41, 5.74) is 1.60. The monoisotopic (exact) mass is 241 g/mol. The minimum Gasteiger partial charge on any atom is -0.456 e. The van der Waals surface area contributed by atoms with Gasteiger partial charge in [0, 0.05) is 6.61 Å². The van der Waals surface area contributed by atoms with E-state index in [2.05, 4.69) is 11.6 Å². The van der Waals surface area contributed by atoms with Gasteiger partial charge in [-0.15, -0.1) is 0 Å². The number of nitrogens with zero attached hydrogens (tertiary/aromatic N) is 1. The maximum atomic E-state index is 8.83. The van der Waals surface area contributed by atoms with E-state index in [4.69, 9.17) is 9.84 Å². The number of benzene rings is 1. The van der Waals surface area contributed by atoms with Gasteiger partial charge in [-0.2, -0.15) is 0 Å². The molecule has 2 rings (SSSR count). The van der Waals surface area contributed by atoms with Crippen LogP contribution in [0, 0.1) is 0 Å². The predicted octanol–water partition coefficient (Wildman–Crippen LogP) is 3.27. The molecular formula is C15H15NO2. The zero-order valence-electron chi connectivity index (χ0n) is 10.0. The fourth-order valence-electron chi connectivity index (χ4n) is 1.54. The van der Waals surface area contributed by atoms with Crippen molar-refractivity contribution in [3.05, 3.63) is 60.9 Å². The Morgan fingerprint density at radius 2 is 1.89 bits per heavy atom. The van der Waals surface area contributed by atoms with Crippen LogP contribution < -0.4 is 4.74 Å². The average molecular weight is 241 g/mol. The third kappa shape index (κ3) is 3.18. The molecule has 0 bridgehead atoms. The molecule has 1 heterocycles. The maximum absolute atomic E-state index is 8.83. The Kier molecular flexibility index (Phi) is 4.10. The number of aromatic nitrogens is 1. The summed E-state index contributed by atoms with van der Waals surface area (Å²) in [4.78, 5) is 4.26. The fraction of sp³-hybridized carbons (Fsp3) is 0.133. The number of rotatable bonds is 5. The number of pyridine rings is 1. The Labute approximate surface area is 106 Å². The molecule has 18 heavy (non-hydrogen) atoms. The Hall–Kier alpha value is -2.13. The molecule has 0 unspecified atom stereocenters. The highest BCUT2D eigenvalue weighted by atomic mass is 16.5. The standard InChI is InChI=1S/C15H15NO2/c1-12(9-10-17)15-8-7-14(11-16-15)18-13-5-3-2-4-6-13/h2-8,11,17H,1,9-10H2. The topological polar surface area (TPSA) is 42.4 Å². The first-order valence-electron chi connectivity index (χ1n) is 5.77. The fourth-order valence-corrected chi connectivity index (χ4v) is 1.54.